The first-order chi connectivity index (χ1) is 16.7. The molecule has 1 amide bonds. The molecule has 2 atom stereocenters. The maximum absolute atomic E-state index is 13.3. The third kappa shape index (κ3) is 4.08. The number of aryl methyl sites for hydroxylation is 1. The average Bonchev–Trinajstić information content (AvgIpc) is 3.48. The molecule has 0 radical (unpaired) electrons. The summed E-state index contributed by atoms with van der Waals surface area (Å²) in [6, 6.07) is 15.4. The van der Waals surface area contributed by atoms with Gasteiger partial charge in [0, 0.05) is 20.6 Å². The van der Waals surface area contributed by atoms with Gasteiger partial charge >= 0.3 is 0 Å². The van der Waals surface area contributed by atoms with Crippen molar-refractivity contribution >= 4 is 5.91 Å². The van der Waals surface area contributed by atoms with E-state index in [9.17, 15) is 10.1 Å². The van der Waals surface area contributed by atoms with Crippen molar-refractivity contribution in [1.29, 1.82) is 5.26 Å². The lowest BCUT2D eigenvalue weighted by atomic mass is 9.74. The summed E-state index contributed by atoms with van der Waals surface area (Å²) in [5.41, 5.74) is 8.47. The van der Waals surface area contributed by atoms with E-state index < -0.39 is 11.0 Å². The Morgan fingerprint density at radius 3 is 2.69 bits per heavy atom. The number of carbonyl (C=O) groups excluding carboxylic acids is 1. The molecular weight excluding hydrogens is 438 g/mol. The van der Waals surface area contributed by atoms with Crippen LogP contribution in [0.1, 0.15) is 55.0 Å². The Bertz CT molecular complexity index is 1320. The molecule has 5 rings (SSSR count). The first-order valence-electron chi connectivity index (χ1n) is 12.1. The van der Waals surface area contributed by atoms with Crippen LogP contribution in [0.2, 0.25) is 0 Å². The largest absolute Gasteiger partial charge is 0.456 e. The monoisotopic (exact) mass is 469 g/mol. The molecule has 1 saturated heterocycles. The first kappa shape index (κ1) is 23.1. The lowest BCUT2D eigenvalue weighted by Gasteiger charge is -2.28. The highest BCUT2D eigenvalue weighted by atomic mass is 16.5. The van der Waals surface area contributed by atoms with Crippen molar-refractivity contribution in [2.45, 2.75) is 43.6 Å². The second kappa shape index (κ2) is 8.54. The maximum Gasteiger partial charge on any atom is 0.233 e. The van der Waals surface area contributed by atoms with Crippen LogP contribution in [-0.2, 0) is 22.8 Å². The fourth-order valence-electron chi connectivity index (χ4n) is 5.33. The van der Waals surface area contributed by atoms with Gasteiger partial charge in [-0.1, -0.05) is 31.0 Å². The number of hydrogen-bond acceptors (Lipinski definition) is 5. The number of hydrogen-bond donors (Lipinski definition) is 1. The molecule has 2 fully saturated rings. The Morgan fingerprint density at radius 2 is 2.06 bits per heavy atom. The van der Waals surface area contributed by atoms with Crippen LogP contribution in [0.5, 0.6) is 11.5 Å². The van der Waals surface area contributed by atoms with Crippen molar-refractivity contribution in [1.82, 2.24) is 14.5 Å². The predicted molar refractivity (Wildman–Crippen MR) is 133 cm³/mol. The number of rotatable bonds is 7. The zero-order valence-electron chi connectivity index (χ0n) is 20.5. The van der Waals surface area contributed by atoms with Gasteiger partial charge in [0.25, 0.3) is 0 Å². The summed E-state index contributed by atoms with van der Waals surface area (Å²) in [5.74, 6) is 1.85. The highest BCUT2D eigenvalue weighted by Crippen LogP contribution is 2.48. The molecule has 7 nitrogen and oxygen atoms in total. The number of carbonyl (C=O) groups is 1. The number of nitrogens with zero attached hydrogens (tertiary/aromatic N) is 4. The number of benzene rings is 2. The summed E-state index contributed by atoms with van der Waals surface area (Å²) < 4.78 is 8.17. The fourth-order valence-corrected chi connectivity index (χ4v) is 5.33. The Labute approximate surface area is 206 Å². The number of likely N-dealkylation sites (N-methyl/N-ethyl adjacent to an activating group) is 1. The van der Waals surface area contributed by atoms with E-state index >= 15 is 0 Å². The van der Waals surface area contributed by atoms with E-state index in [0.717, 1.165) is 36.2 Å². The van der Waals surface area contributed by atoms with Crippen molar-refractivity contribution in [2.24, 2.45) is 18.7 Å². The molecule has 1 saturated carbocycles. The molecule has 2 unspecified atom stereocenters. The highest BCUT2D eigenvalue weighted by molar-refractivity contribution is 5.90. The first-order valence-corrected chi connectivity index (χ1v) is 12.1. The smallest absolute Gasteiger partial charge is 0.233 e. The average molecular weight is 470 g/mol. The summed E-state index contributed by atoms with van der Waals surface area (Å²) in [7, 11) is 3.79. The van der Waals surface area contributed by atoms with Gasteiger partial charge in [-0.3, -0.25) is 4.79 Å². The van der Waals surface area contributed by atoms with Crippen molar-refractivity contribution in [3.8, 4) is 17.6 Å². The number of aromatic nitrogens is 2. The summed E-state index contributed by atoms with van der Waals surface area (Å²) in [6.07, 6.45) is 7.55. The Morgan fingerprint density at radius 1 is 1.26 bits per heavy atom. The minimum absolute atomic E-state index is 0.191. The third-order valence-electron chi connectivity index (χ3n) is 7.63. The normalized spacial score (nSPS) is 21.6. The topological polar surface area (TPSA) is 97.2 Å². The second-order valence-electron chi connectivity index (χ2n) is 10.3. The molecule has 0 bridgehead atoms. The van der Waals surface area contributed by atoms with Crippen molar-refractivity contribution in [3.63, 3.8) is 0 Å². The summed E-state index contributed by atoms with van der Waals surface area (Å²) in [6.45, 7) is 2.68. The molecular formula is C28H31N5O2. The van der Waals surface area contributed by atoms with Gasteiger partial charge in [-0.2, -0.15) is 5.26 Å². The van der Waals surface area contributed by atoms with Crippen molar-refractivity contribution < 1.29 is 9.53 Å². The van der Waals surface area contributed by atoms with E-state index in [4.69, 9.17) is 10.5 Å². The van der Waals surface area contributed by atoms with Crippen LogP contribution < -0.4 is 10.5 Å². The summed E-state index contributed by atoms with van der Waals surface area (Å²) >= 11 is 0. The van der Waals surface area contributed by atoms with Crippen LogP contribution in [0.3, 0.4) is 0 Å². The van der Waals surface area contributed by atoms with Gasteiger partial charge in [-0.25, -0.2) is 4.98 Å². The molecule has 35 heavy (non-hydrogen) atoms. The maximum atomic E-state index is 13.3. The molecule has 2 heterocycles. The van der Waals surface area contributed by atoms with Gasteiger partial charge < -0.3 is 19.9 Å². The van der Waals surface area contributed by atoms with Gasteiger partial charge in [0.05, 0.1) is 34.7 Å². The van der Waals surface area contributed by atoms with Crippen LogP contribution in [0.25, 0.3) is 0 Å². The minimum atomic E-state index is -0.825. The Hall–Kier alpha value is -3.63. The van der Waals surface area contributed by atoms with Gasteiger partial charge in [-0.05, 0) is 61.1 Å². The standard InChI is InChI=1S/C28H31N5O2/c1-27(30,25-17-31-18-33(25)3)21-10-9-20(16-29)24(14-21)35-23-6-4-5-22(13-23)28(15-19-7-8-19)11-12-32(2)26(28)34/h4-6,9-10,13-14,17-19H,7-8,11-12,15,30H2,1-3H3. The molecule has 1 aromatic heterocycles. The van der Waals surface area contributed by atoms with E-state index in [2.05, 4.69) is 11.1 Å². The zero-order valence-corrected chi connectivity index (χ0v) is 20.5. The Balaban J connectivity index is 1.50. The minimum Gasteiger partial charge on any atom is -0.456 e. The molecule has 0 spiro atoms. The van der Waals surface area contributed by atoms with E-state index in [1.54, 1.807) is 18.6 Å². The van der Waals surface area contributed by atoms with Crippen LogP contribution in [0.15, 0.2) is 55.0 Å². The number of amides is 1. The number of nitrogens with two attached hydrogens (primary N) is 1. The number of nitriles is 1. The van der Waals surface area contributed by atoms with Gasteiger partial charge in [0.1, 0.15) is 17.6 Å². The van der Waals surface area contributed by atoms with E-state index in [0.29, 0.717) is 23.0 Å². The van der Waals surface area contributed by atoms with Gasteiger partial charge in [0.15, 0.2) is 0 Å². The third-order valence-corrected chi connectivity index (χ3v) is 7.63. The van der Waals surface area contributed by atoms with Gasteiger partial charge in [0.2, 0.25) is 5.91 Å². The lowest BCUT2D eigenvalue weighted by molar-refractivity contribution is -0.131. The van der Waals surface area contributed by atoms with Crippen LogP contribution in [0, 0.1) is 17.2 Å². The Kier molecular flexibility index (Phi) is 5.65. The summed E-state index contributed by atoms with van der Waals surface area (Å²) in [5, 5.41) is 9.73. The molecule has 1 aliphatic carbocycles. The number of likely N-dealkylation sites (tertiary alicyclic amines) is 1. The van der Waals surface area contributed by atoms with Crippen LogP contribution in [0.4, 0.5) is 0 Å². The van der Waals surface area contributed by atoms with Crippen molar-refractivity contribution in [3.05, 3.63) is 77.4 Å². The molecule has 3 aromatic rings. The van der Waals surface area contributed by atoms with E-state index in [1.807, 2.05) is 66.9 Å². The lowest BCUT2D eigenvalue weighted by Crippen LogP contribution is -2.36. The van der Waals surface area contributed by atoms with E-state index in [-0.39, 0.29) is 5.91 Å². The van der Waals surface area contributed by atoms with Gasteiger partial charge in [-0.15, -0.1) is 0 Å². The number of imidazole rings is 1. The summed E-state index contributed by atoms with van der Waals surface area (Å²) in [4.78, 5) is 19.3. The SMILES string of the molecule is CN1CCC(CC2CC2)(c2cccc(Oc3cc(C(C)(N)c4cncn4C)ccc3C#N)c2)C1=O. The molecule has 2 N–H and O–H groups in total. The quantitative estimate of drug-likeness (QED) is 0.559. The van der Waals surface area contributed by atoms with Crippen LogP contribution in [-0.4, -0.2) is 34.0 Å². The number of ether oxygens (including phenoxy) is 1. The zero-order chi connectivity index (χ0) is 24.8. The van der Waals surface area contributed by atoms with E-state index in [1.165, 1.54) is 12.8 Å². The predicted octanol–water partition coefficient (Wildman–Crippen LogP) is 4.21. The van der Waals surface area contributed by atoms with Crippen molar-refractivity contribution in [2.75, 3.05) is 13.6 Å². The molecule has 2 aliphatic rings. The molecule has 180 valence electrons. The second-order valence-corrected chi connectivity index (χ2v) is 10.3. The fraction of sp³-hybridized carbons (Fsp3) is 0.393. The molecule has 7 heteroatoms. The highest BCUT2D eigenvalue weighted by Gasteiger charge is 2.49. The van der Waals surface area contributed by atoms with Crippen LogP contribution >= 0.6 is 0 Å². The molecule has 2 aromatic carbocycles. The molecule has 1 aliphatic heterocycles.